The summed E-state index contributed by atoms with van der Waals surface area (Å²) in [6.45, 7) is 5.58. The van der Waals surface area contributed by atoms with E-state index in [0.29, 0.717) is 6.42 Å². The summed E-state index contributed by atoms with van der Waals surface area (Å²) in [5, 5.41) is -0.495. The van der Waals surface area contributed by atoms with Crippen molar-refractivity contribution in [3.63, 3.8) is 0 Å². The van der Waals surface area contributed by atoms with E-state index in [1.54, 1.807) is 14.0 Å². The molecule has 0 aliphatic carbocycles. The molecular weight excluding hydrogens is 214 g/mol. The zero-order valence-electron chi connectivity index (χ0n) is 10.3. The molecule has 0 aromatic heterocycles. The summed E-state index contributed by atoms with van der Waals surface area (Å²) in [6.07, 6.45) is 2.62. The molecule has 0 saturated heterocycles. The van der Waals surface area contributed by atoms with Crippen LogP contribution >= 0.6 is 0 Å². The van der Waals surface area contributed by atoms with Gasteiger partial charge >= 0.3 is 0 Å². The van der Waals surface area contributed by atoms with Gasteiger partial charge in [0.15, 0.2) is 9.84 Å². The van der Waals surface area contributed by atoms with Crippen LogP contribution in [0.1, 0.15) is 33.6 Å². The molecule has 15 heavy (non-hydrogen) atoms. The van der Waals surface area contributed by atoms with Crippen LogP contribution < -0.4 is 5.73 Å². The maximum atomic E-state index is 11.3. The number of sulfone groups is 1. The molecule has 0 aliphatic heterocycles. The van der Waals surface area contributed by atoms with Crippen LogP contribution in [0, 0.1) is 0 Å². The Kier molecular flexibility index (Phi) is 5.23. The second-order valence-electron chi connectivity index (χ2n) is 4.70. The van der Waals surface area contributed by atoms with E-state index in [2.05, 4.69) is 0 Å². The van der Waals surface area contributed by atoms with Crippen molar-refractivity contribution in [1.82, 2.24) is 0 Å². The van der Waals surface area contributed by atoms with E-state index in [-0.39, 0.29) is 11.6 Å². The second kappa shape index (κ2) is 5.27. The van der Waals surface area contributed by atoms with Crippen molar-refractivity contribution >= 4 is 9.84 Å². The zero-order valence-corrected chi connectivity index (χ0v) is 11.1. The fourth-order valence-corrected chi connectivity index (χ4v) is 1.94. The average molecular weight is 237 g/mol. The molecular formula is C10H23NO3S. The van der Waals surface area contributed by atoms with Crippen molar-refractivity contribution in [1.29, 1.82) is 0 Å². The maximum absolute atomic E-state index is 11.3. The summed E-state index contributed by atoms with van der Waals surface area (Å²) >= 11 is 0. The van der Waals surface area contributed by atoms with Crippen LogP contribution in [0.5, 0.6) is 0 Å². The summed E-state index contributed by atoms with van der Waals surface area (Å²) in [5.41, 5.74) is 5.59. The van der Waals surface area contributed by atoms with E-state index >= 15 is 0 Å². The van der Waals surface area contributed by atoms with Crippen molar-refractivity contribution in [2.24, 2.45) is 5.73 Å². The van der Waals surface area contributed by atoms with Gasteiger partial charge in [0.25, 0.3) is 0 Å². The summed E-state index contributed by atoms with van der Waals surface area (Å²) in [4.78, 5) is 0. The molecule has 0 aromatic carbocycles. The van der Waals surface area contributed by atoms with Crippen molar-refractivity contribution < 1.29 is 13.2 Å². The highest BCUT2D eigenvalue weighted by Crippen LogP contribution is 2.18. The normalized spacial score (nSPS) is 17.5. The highest BCUT2D eigenvalue weighted by molar-refractivity contribution is 7.91. The fraction of sp³-hybridized carbons (Fsp3) is 1.00. The Hall–Kier alpha value is -0.130. The minimum Gasteiger partial charge on any atom is -0.379 e. The predicted octanol–water partition coefficient (Wildman–Crippen LogP) is 0.952. The molecule has 0 bridgehead atoms. The van der Waals surface area contributed by atoms with Crippen molar-refractivity contribution in [3.05, 3.63) is 0 Å². The van der Waals surface area contributed by atoms with Gasteiger partial charge in [-0.15, -0.1) is 0 Å². The van der Waals surface area contributed by atoms with E-state index in [9.17, 15) is 8.42 Å². The van der Waals surface area contributed by atoms with E-state index < -0.39 is 15.1 Å². The van der Waals surface area contributed by atoms with Gasteiger partial charge in [0.2, 0.25) is 0 Å². The first kappa shape index (κ1) is 14.9. The van der Waals surface area contributed by atoms with Crippen molar-refractivity contribution in [2.45, 2.75) is 50.5 Å². The van der Waals surface area contributed by atoms with Crippen LogP contribution in [-0.4, -0.2) is 38.7 Å². The standard InChI is InChI=1S/C10H23NO3S/c1-8(15(5,12)13)9(11)6-7-10(2,3)14-4/h8-9H,6-7,11H2,1-5H3. The first-order valence-corrected chi connectivity index (χ1v) is 7.05. The molecule has 0 spiro atoms. The molecule has 5 heteroatoms. The Morgan fingerprint density at radius 2 is 1.87 bits per heavy atom. The van der Waals surface area contributed by atoms with E-state index in [4.69, 9.17) is 10.5 Å². The Morgan fingerprint density at radius 1 is 1.40 bits per heavy atom. The van der Waals surface area contributed by atoms with Gasteiger partial charge in [-0.2, -0.15) is 0 Å². The molecule has 2 atom stereocenters. The highest BCUT2D eigenvalue weighted by atomic mass is 32.2. The van der Waals surface area contributed by atoms with Crippen LogP contribution in [0.25, 0.3) is 0 Å². The first-order valence-electron chi connectivity index (χ1n) is 5.10. The van der Waals surface area contributed by atoms with E-state index in [1.807, 2.05) is 13.8 Å². The Labute approximate surface area is 93.1 Å². The molecule has 0 amide bonds. The fourth-order valence-electron chi connectivity index (χ4n) is 1.17. The summed E-state index contributed by atoms with van der Waals surface area (Å²) in [5.74, 6) is 0. The molecule has 0 fully saturated rings. The molecule has 0 radical (unpaired) electrons. The zero-order chi connectivity index (χ0) is 12.3. The van der Waals surface area contributed by atoms with Crippen LogP contribution in [0.15, 0.2) is 0 Å². The lowest BCUT2D eigenvalue weighted by Crippen LogP contribution is -2.39. The molecule has 0 aliphatic rings. The molecule has 2 unspecified atom stereocenters. The second-order valence-corrected chi connectivity index (χ2v) is 7.10. The summed E-state index contributed by atoms with van der Waals surface area (Å²) in [6, 6.07) is -0.325. The number of ether oxygens (including phenoxy) is 1. The monoisotopic (exact) mass is 237 g/mol. The topological polar surface area (TPSA) is 69.4 Å². The van der Waals surface area contributed by atoms with Gasteiger partial charge in [-0.1, -0.05) is 0 Å². The SMILES string of the molecule is COC(C)(C)CCC(N)C(C)S(C)(=O)=O. The number of rotatable bonds is 6. The predicted molar refractivity (Wildman–Crippen MR) is 62.6 cm³/mol. The molecule has 92 valence electrons. The van der Waals surface area contributed by atoms with Crippen LogP contribution in [0.4, 0.5) is 0 Å². The first-order chi connectivity index (χ1) is 6.60. The maximum Gasteiger partial charge on any atom is 0.151 e. The lowest BCUT2D eigenvalue weighted by molar-refractivity contribution is 0.0125. The third kappa shape index (κ3) is 5.49. The third-order valence-corrected chi connectivity index (χ3v) is 4.61. The van der Waals surface area contributed by atoms with Crippen molar-refractivity contribution in [2.75, 3.05) is 13.4 Å². The quantitative estimate of drug-likeness (QED) is 0.747. The van der Waals surface area contributed by atoms with Gasteiger partial charge in [-0.05, 0) is 33.6 Å². The van der Waals surface area contributed by atoms with Gasteiger partial charge in [0.1, 0.15) is 0 Å². The summed E-state index contributed by atoms with van der Waals surface area (Å²) < 4.78 is 27.8. The Balaban J connectivity index is 4.22. The van der Waals surface area contributed by atoms with Gasteiger partial charge in [-0.3, -0.25) is 0 Å². The van der Waals surface area contributed by atoms with Gasteiger partial charge in [0.05, 0.1) is 10.9 Å². The Bertz CT molecular complexity index is 285. The minimum atomic E-state index is -3.04. The summed E-state index contributed by atoms with van der Waals surface area (Å²) in [7, 11) is -1.40. The Morgan fingerprint density at radius 3 is 2.20 bits per heavy atom. The third-order valence-electron chi connectivity index (χ3n) is 2.91. The number of hydrogen-bond donors (Lipinski definition) is 1. The number of methoxy groups -OCH3 is 1. The number of hydrogen-bond acceptors (Lipinski definition) is 4. The van der Waals surface area contributed by atoms with Gasteiger partial charge in [-0.25, -0.2) is 8.42 Å². The highest BCUT2D eigenvalue weighted by Gasteiger charge is 2.25. The average Bonchev–Trinajstić information content (AvgIpc) is 2.11. The van der Waals surface area contributed by atoms with Crippen LogP contribution in [-0.2, 0) is 14.6 Å². The van der Waals surface area contributed by atoms with Gasteiger partial charge < -0.3 is 10.5 Å². The molecule has 0 aromatic rings. The van der Waals surface area contributed by atoms with Crippen LogP contribution in [0.3, 0.4) is 0 Å². The van der Waals surface area contributed by atoms with Crippen LogP contribution in [0.2, 0.25) is 0 Å². The molecule has 0 heterocycles. The van der Waals surface area contributed by atoms with Gasteiger partial charge in [0, 0.05) is 19.4 Å². The largest absolute Gasteiger partial charge is 0.379 e. The smallest absolute Gasteiger partial charge is 0.151 e. The van der Waals surface area contributed by atoms with Crippen molar-refractivity contribution in [3.8, 4) is 0 Å². The lowest BCUT2D eigenvalue weighted by Gasteiger charge is -2.26. The lowest BCUT2D eigenvalue weighted by atomic mass is 9.98. The molecule has 0 rings (SSSR count). The minimum absolute atomic E-state index is 0.241. The molecule has 0 saturated carbocycles. The van der Waals surface area contributed by atoms with E-state index in [1.165, 1.54) is 6.26 Å². The molecule has 4 nitrogen and oxygen atoms in total. The molecule has 2 N–H and O–H groups in total. The van der Waals surface area contributed by atoms with E-state index in [0.717, 1.165) is 6.42 Å². The number of nitrogens with two attached hydrogens (primary N) is 1.